The molecule has 0 N–H and O–H groups in total. The Morgan fingerprint density at radius 2 is 2.22 bits per heavy atom. The molecule has 1 aliphatic heterocycles. The Bertz CT molecular complexity index is 573. The van der Waals surface area contributed by atoms with Crippen molar-refractivity contribution in [2.45, 2.75) is 30.2 Å². The van der Waals surface area contributed by atoms with Gasteiger partial charge in [0.05, 0.1) is 12.7 Å². The summed E-state index contributed by atoms with van der Waals surface area (Å²) in [5, 5.41) is 8.75. The lowest BCUT2D eigenvalue weighted by Gasteiger charge is -2.35. The van der Waals surface area contributed by atoms with E-state index in [4.69, 9.17) is 10.00 Å². The molecule has 0 amide bonds. The van der Waals surface area contributed by atoms with E-state index < -0.39 is 10.0 Å². The topological polar surface area (TPSA) is 70.4 Å². The lowest BCUT2D eigenvalue weighted by Crippen LogP contribution is -2.49. The standard InChI is InChI=1S/C11H14N2O3S2/c1-8-7-16-9(2)6-13(8)18(14,15)11-4-3-10(5-12)17-11/h3-4,8-9H,6-7H2,1-2H3. The molecule has 2 atom stereocenters. The lowest BCUT2D eigenvalue weighted by atomic mass is 10.2. The van der Waals surface area contributed by atoms with Gasteiger partial charge in [0.15, 0.2) is 0 Å². The van der Waals surface area contributed by atoms with Crippen LogP contribution in [0.5, 0.6) is 0 Å². The summed E-state index contributed by atoms with van der Waals surface area (Å²) in [7, 11) is -3.51. The van der Waals surface area contributed by atoms with E-state index in [2.05, 4.69) is 0 Å². The quantitative estimate of drug-likeness (QED) is 0.824. The van der Waals surface area contributed by atoms with E-state index in [0.717, 1.165) is 11.3 Å². The zero-order valence-corrected chi connectivity index (χ0v) is 11.8. The van der Waals surface area contributed by atoms with Crippen molar-refractivity contribution in [3.05, 3.63) is 17.0 Å². The highest BCUT2D eigenvalue weighted by atomic mass is 32.2. The van der Waals surface area contributed by atoms with Gasteiger partial charge in [0.2, 0.25) is 0 Å². The first-order chi connectivity index (χ1) is 8.45. The molecule has 1 aromatic heterocycles. The molecule has 1 saturated heterocycles. The van der Waals surface area contributed by atoms with E-state index in [1.807, 2.05) is 19.9 Å². The summed E-state index contributed by atoms with van der Waals surface area (Å²) < 4.78 is 32.0. The van der Waals surface area contributed by atoms with Crippen LogP contribution in [0.25, 0.3) is 0 Å². The molecule has 1 aromatic rings. The fourth-order valence-electron chi connectivity index (χ4n) is 1.84. The minimum absolute atomic E-state index is 0.105. The Morgan fingerprint density at radius 3 is 2.83 bits per heavy atom. The largest absolute Gasteiger partial charge is 0.375 e. The third-order valence-corrected chi connectivity index (χ3v) is 6.24. The Labute approximate surface area is 111 Å². The molecule has 0 bridgehead atoms. The zero-order valence-electron chi connectivity index (χ0n) is 10.2. The van der Waals surface area contributed by atoms with Crippen molar-refractivity contribution >= 4 is 21.4 Å². The highest BCUT2D eigenvalue weighted by molar-refractivity contribution is 7.91. The maximum Gasteiger partial charge on any atom is 0.253 e. The summed E-state index contributed by atoms with van der Waals surface area (Å²) in [5.41, 5.74) is 0. The number of hydrogen-bond donors (Lipinski definition) is 0. The lowest BCUT2D eigenvalue weighted by molar-refractivity contribution is -0.0170. The zero-order chi connectivity index (χ0) is 13.3. The van der Waals surface area contributed by atoms with E-state index in [1.165, 1.54) is 16.4 Å². The monoisotopic (exact) mass is 286 g/mol. The molecule has 98 valence electrons. The SMILES string of the molecule is CC1CN(S(=O)(=O)c2ccc(C#N)s2)C(C)CO1. The van der Waals surface area contributed by atoms with Crippen LogP contribution in [0.2, 0.25) is 0 Å². The van der Waals surface area contributed by atoms with Crippen molar-refractivity contribution in [3.63, 3.8) is 0 Å². The van der Waals surface area contributed by atoms with Gasteiger partial charge >= 0.3 is 0 Å². The van der Waals surface area contributed by atoms with Crippen molar-refractivity contribution in [3.8, 4) is 6.07 Å². The molecular formula is C11H14N2O3S2. The number of nitriles is 1. The highest BCUT2D eigenvalue weighted by Crippen LogP contribution is 2.27. The van der Waals surface area contributed by atoms with E-state index in [-0.39, 0.29) is 16.4 Å². The van der Waals surface area contributed by atoms with Crippen LogP contribution < -0.4 is 0 Å². The van der Waals surface area contributed by atoms with Gasteiger partial charge in [0, 0.05) is 12.6 Å². The van der Waals surface area contributed by atoms with E-state index >= 15 is 0 Å². The van der Waals surface area contributed by atoms with Crippen LogP contribution in [0.4, 0.5) is 0 Å². The molecule has 0 aromatic carbocycles. The fraction of sp³-hybridized carbons (Fsp3) is 0.545. The number of ether oxygens (including phenoxy) is 1. The summed E-state index contributed by atoms with van der Waals surface area (Å²) in [6.45, 7) is 4.42. The number of thiophene rings is 1. The molecule has 2 heterocycles. The van der Waals surface area contributed by atoms with Crippen molar-refractivity contribution in [2.75, 3.05) is 13.2 Å². The second-order valence-electron chi connectivity index (χ2n) is 4.30. The van der Waals surface area contributed by atoms with Crippen LogP contribution in [-0.2, 0) is 14.8 Å². The van der Waals surface area contributed by atoms with Crippen LogP contribution in [0.3, 0.4) is 0 Å². The Balaban J connectivity index is 2.33. The van der Waals surface area contributed by atoms with Crippen molar-refractivity contribution in [2.24, 2.45) is 0 Å². The van der Waals surface area contributed by atoms with Crippen molar-refractivity contribution in [1.82, 2.24) is 4.31 Å². The first kappa shape index (κ1) is 13.5. The number of sulfonamides is 1. The average molecular weight is 286 g/mol. The van der Waals surface area contributed by atoms with Gasteiger partial charge in [0.1, 0.15) is 15.2 Å². The predicted octanol–water partition coefficient (Wildman–Crippen LogP) is 1.42. The van der Waals surface area contributed by atoms with E-state index in [0.29, 0.717) is 18.0 Å². The van der Waals surface area contributed by atoms with Crippen LogP contribution in [-0.4, -0.2) is 38.0 Å². The summed E-state index contributed by atoms with van der Waals surface area (Å²) in [4.78, 5) is 0.405. The molecular weight excluding hydrogens is 272 g/mol. The van der Waals surface area contributed by atoms with Crippen LogP contribution >= 0.6 is 11.3 Å². The molecule has 0 saturated carbocycles. The van der Waals surface area contributed by atoms with Gasteiger partial charge in [-0.1, -0.05) is 0 Å². The smallest absolute Gasteiger partial charge is 0.253 e. The molecule has 1 aliphatic rings. The number of rotatable bonds is 2. The molecule has 5 nitrogen and oxygen atoms in total. The first-order valence-corrected chi connectivity index (χ1v) is 7.84. The van der Waals surface area contributed by atoms with Gasteiger partial charge in [0.25, 0.3) is 10.0 Å². The summed E-state index contributed by atoms with van der Waals surface area (Å²) in [6, 6.07) is 4.80. The maximum atomic E-state index is 12.4. The summed E-state index contributed by atoms with van der Waals surface area (Å²) >= 11 is 1.01. The Morgan fingerprint density at radius 1 is 1.50 bits per heavy atom. The molecule has 7 heteroatoms. The molecule has 18 heavy (non-hydrogen) atoms. The maximum absolute atomic E-state index is 12.4. The number of nitrogens with zero attached hydrogens (tertiary/aromatic N) is 2. The fourth-order valence-corrected chi connectivity index (χ4v) is 4.77. The molecule has 0 aliphatic carbocycles. The van der Waals surface area contributed by atoms with E-state index in [1.54, 1.807) is 0 Å². The minimum Gasteiger partial charge on any atom is -0.375 e. The predicted molar refractivity (Wildman–Crippen MR) is 67.8 cm³/mol. The average Bonchev–Trinajstić information content (AvgIpc) is 2.81. The summed E-state index contributed by atoms with van der Waals surface area (Å²) in [6.07, 6.45) is -0.105. The number of morpholine rings is 1. The number of hydrogen-bond acceptors (Lipinski definition) is 5. The highest BCUT2D eigenvalue weighted by Gasteiger charge is 2.34. The third kappa shape index (κ3) is 2.42. The van der Waals surface area contributed by atoms with Crippen LogP contribution in [0.1, 0.15) is 18.7 Å². The van der Waals surface area contributed by atoms with Crippen LogP contribution in [0.15, 0.2) is 16.3 Å². The van der Waals surface area contributed by atoms with Gasteiger partial charge in [-0.15, -0.1) is 11.3 Å². The molecule has 1 fully saturated rings. The van der Waals surface area contributed by atoms with Gasteiger partial charge in [-0.2, -0.15) is 9.57 Å². The van der Waals surface area contributed by atoms with Gasteiger partial charge < -0.3 is 4.74 Å². The summed E-state index contributed by atoms with van der Waals surface area (Å²) in [5.74, 6) is 0. The Hall–Kier alpha value is -0.940. The normalized spacial score (nSPS) is 25.8. The van der Waals surface area contributed by atoms with Crippen molar-refractivity contribution in [1.29, 1.82) is 5.26 Å². The molecule has 2 unspecified atom stereocenters. The van der Waals surface area contributed by atoms with Gasteiger partial charge in [-0.3, -0.25) is 0 Å². The van der Waals surface area contributed by atoms with Gasteiger partial charge in [-0.25, -0.2) is 8.42 Å². The third-order valence-electron chi connectivity index (χ3n) is 2.81. The second kappa shape index (κ2) is 4.97. The Kier molecular flexibility index (Phi) is 3.73. The minimum atomic E-state index is -3.51. The second-order valence-corrected chi connectivity index (χ2v) is 7.50. The first-order valence-electron chi connectivity index (χ1n) is 5.58. The molecule has 2 rings (SSSR count). The van der Waals surface area contributed by atoms with Gasteiger partial charge in [-0.05, 0) is 26.0 Å². The van der Waals surface area contributed by atoms with Crippen molar-refractivity contribution < 1.29 is 13.2 Å². The molecule has 0 spiro atoms. The van der Waals surface area contributed by atoms with E-state index in [9.17, 15) is 8.42 Å². The van der Waals surface area contributed by atoms with Crippen LogP contribution in [0, 0.1) is 11.3 Å². The molecule has 0 radical (unpaired) electrons.